The monoisotopic (exact) mass is 460 g/mol. The molecule has 0 aliphatic carbocycles. The number of aromatic nitrogens is 3. The number of aliphatic imine (C=N–C) groups is 1. The van der Waals surface area contributed by atoms with E-state index in [4.69, 9.17) is 4.42 Å². The van der Waals surface area contributed by atoms with E-state index >= 15 is 0 Å². The van der Waals surface area contributed by atoms with E-state index in [1.807, 2.05) is 32.4 Å². The van der Waals surface area contributed by atoms with Crippen LogP contribution in [0.1, 0.15) is 42.1 Å². The lowest BCUT2D eigenvalue weighted by Crippen LogP contribution is -2.38. The minimum Gasteiger partial charge on any atom is -0.444 e. The summed E-state index contributed by atoms with van der Waals surface area (Å²) in [7, 11) is 0. The standard InChI is InChI=1S/C17H28N6O.HI/c1-6-18-17(20-11-16-21-14(4)15(5)24-16)19-8-7-9-23-13(3)10-12(2)22-23;/h10H,6-9,11H2,1-5H3,(H2,18,19,20);1H. The Balaban J connectivity index is 0.00000312. The van der Waals surface area contributed by atoms with E-state index in [0.29, 0.717) is 12.4 Å². The van der Waals surface area contributed by atoms with Gasteiger partial charge in [-0.1, -0.05) is 0 Å². The number of oxazole rings is 1. The fourth-order valence-corrected chi connectivity index (χ4v) is 2.43. The van der Waals surface area contributed by atoms with Crippen molar-refractivity contribution in [2.45, 2.75) is 54.1 Å². The van der Waals surface area contributed by atoms with Crippen molar-refractivity contribution in [3.63, 3.8) is 0 Å². The van der Waals surface area contributed by atoms with Gasteiger partial charge in [0.05, 0.1) is 11.4 Å². The lowest BCUT2D eigenvalue weighted by atomic mass is 10.4. The van der Waals surface area contributed by atoms with Gasteiger partial charge in [0, 0.05) is 25.3 Å². The Morgan fingerprint density at radius 1 is 1.24 bits per heavy atom. The van der Waals surface area contributed by atoms with Crippen LogP contribution in [0.3, 0.4) is 0 Å². The van der Waals surface area contributed by atoms with E-state index in [1.54, 1.807) is 0 Å². The SMILES string of the molecule is CCNC(=NCc1nc(C)c(C)o1)NCCCn1nc(C)cc1C.I. The van der Waals surface area contributed by atoms with E-state index in [1.165, 1.54) is 5.69 Å². The van der Waals surface area contributed by atoms with E-state index in [2.05, 4.69) is 38.7 Å². The highest BCUT2D eigenvalue weighted by Crippen LogP contribution is 2.08. The van der Waals surface area contributed by atoms with Crippen molar-refractivity contribution < 1.29 is 4.42 Å². The molecule has 2 rings (SSSR count). The minimum atomic E-state index is 0. The van der Waals surface area contributed by atoms with Crippen molar-refractivity contribution in [2.75, 3.05) is 13.1 Å². The van der Waals surface area contributed by atoms with Crippen molar-refractivity contribution in [1.82, 2.24) is 25.4 Å². The van der Waals surface area contributed by atoms with Gasteiger partial charge in [0.15, 0.2) is 5.96 Å². The molecule has 0 bridgehead atoms. The molecule has 0 amide bonds. The van der Waals surface area contributed by atoms with Crippen LogP contribution >= 0.6 is 24.0 Å². The molecule has 0 aliphatic heterocycles. The third-order valence-electron chi connectivity index (χ3n) is 3.73. The maximum atomic E-state index is 5.56. The third kappa shape index (κ3) is 6.68. The highest BCUT2D eigenvalue weighted by atomic mass is 127. The van der Waals surface area contributed by atoms with Gasteiger partial charge in [-0.3, -0.25) is 4.68 Å². The molecule has 2 N–H and O–H groups in total. The average Bonchev–Trinajstić information content (AvgIpc) is 3.02. The molecule has 0 fully saturated rings. The topological polar surface area (TPSA) is 80.3 Å². The number of hydrogen-bond donors (Lipinski definition) is 2. The van der Waals surface area contributed by atoms with Gasteiger partial charge in [0.1, 0.15) is 12.3 Å². The molecule has 7 nitrogen and oxygen atoms in total. The number of nitrogens with one attached hydrogen (secondary N) is 2. The molecule has 0 saturated heterocycles. The van der Waals surface area contributed by atoms with Gasteiger partial charge in [0.25, 0.3) is 0 Å². The largest absolute Gasteiger partial charge is 0.444 e. The third-order valence-corrected chi connectivity index (χ3v) is 3.73. The highest BCUT2D eigenvalue weighted by molar-refractivity contribution is 14.0. The van der Waals surface area contributed by atoms with Gasteiger partial charge >= 0.3 is 0 Å². The maximum Gasteiger partial charge on any atom is 0.216 e. The smallest absolute Gasteiger partial charge is 0.216 e. The Labute approximate surface area is 166 Å². The van der Waals surface area contributed by atoms with E-state index in [-0.39, 0.29) is 24.0 Å². The molecule has 0 atom stereocenters. The second-order valence-electron chi connectivity index (χ2n) is 5.87. The van der Waals surface area contributed by atoms with E-state index < -0.39 is 0 Å². The average molecular weight is 460 g/mol. The molecule has 8 heteroatoms. The van der Waals surface area contributed by atoms with Crippen molar-refractivity contribution in [3.8, 4) is 0 Å². The summed E-state index contributed by atoms with van der Waals surface area (Å²) >= 11 is 0. The first-order valence-electron chi connectivity index (χ1n) is 8.45. The predicted molar refractivity (Wildman–Crippen MR) is 111 cm³/mol. The summed E-state index contributed by atoms with van der Waals surface area (Å²) < 4.78 is 7.60. The molecular weight excluding hydrogens is 431 g/mol. The zero-order valence-electron chi connectivity index (χ0n) is 15.7. The molecule has 0 saturated carbocycles. The van der Waals surface area contributed by atoms with E-state index in [9.17, 15) is 0 Å². The predicted octanol–water partition coefficient (Wildman–Crippen LogP) is 2.87. The minimum absolute atomic E-state index is 0. The Kier molecular flexibility index (Phi) is 8.95. The Hall–Kier alpha value is -1.58. The van der Waals surface area contributed by atoms with Crippen LogP contribution in [0.4, 0.5) is 0 Å². The van der Waals surface area contributed by atoms with Crippen LogP contribution in [0.15, 0.2) is 15.5 Å². The number of guanidine groups is 1. The molecule has 0 aliphatic rings. The van der Waals surface area contributed by atoms with Crippen molar-refractivity contribution in [3.05, 3.63) is 34.8 Å². The Morgan fingerprint density at radius 2 is 2.00 bits per heavy atom. The summed E-state index contributed by atoms with van der Waals surface area (Å²) in [4.78, 5) is 8.87. The Morgan fingerprint density at radius 3 is 2.56 bits per heavy atom. The molecule has 0 aromatic carbocycles. The normalized spacial score (nSPS) is 11.3. The molecule has 2 heterocycles. The summed E-state index contributed by atoms with van der Waals surface area (Å²) in [6, 6.07) is 2.10. The summed E-state index contributed by atoms with van der Waals surface area (Å²) in [6.07, 6.45) is 0.976. The number of halogens is 1. The van der Waals surface area contributed by atoms with Gasteiger partial charge in [-0.2, -0.15) is 5.10 Å². The Bertz CT molecular complexity index is 672. The maximum absolute atomic E-state index is 5.56. The molecule has 2 aromatic heterocycles. The number of rotatable bonds is 7. The van der Waals surface area contributed by atoms with Gasteiger partial charge in [-0.15, -0.1) is 24.0 Å². The van der Waals surface area contributed by atoms with Crippen LogP contribution in [0.25, 0.3) is 0 Å². The van der Waals surface area contributed by atoms with Gasteiger partial charge in [-0.25, -0.2) is 9.98 Å². The molecular formula is C17H29IN6O. The van der Waals surface area contributed by atoms with Crippen LogP contribution in [0, 0.1) is 27.7 Å². The van der Waals surface area contributed by atoms with Crippen molar-refractivity contribution in [1.29, 1.82) is 0 Å². The summed E-state index contributed by atoms with van der Waals surface area (Å²) in [5, 5.41) is 11.0. The lowest BCUT2D eigenvalue weighted by molar-refractivity contribution is 0.472. The van der Waals surface area contributed by atoms with Crippen LogP contribution in [-0.2, 0) is 13.1 Å². The molecule has 0 unspecified atom stereocenters. The molecule has 0 spiro atoms. The summed E-state index contributed by atoms with van der Waals surface area (Å²) in [5.41, 5.74) is 3.18. The summed E-state index contributed by atoms with van der Waals surface area (Å²) in [5.74, 6) is 2.27. The first-order chi connectivity index (χ1) is 11.5. The zero-order chi connectivity index (χ0) is 17.5. The van der Waals surface area contributed by atoms with Gasteiger partial charge in [0.2, 0.25) is 5.89 Å². The lowest BCUT2D eigenvalue weighted by Gasteiger charge is -2.11. The number of nitrogens with zero attached hydrogens (tertiary/aromatic N) is 4. The van der Waals surface area contributed by atoms with Crippen LogP contribution in [0.5, 0.6) is 0 Å². The molecule has 2 aromatic rings. The second kappa shape index (κ2) is 10.4. The van der Waals surface area contributed by atoms with Crippen molar-refractivity contribution >= 4 is 29.9 Å². The second-order valence-corrected chi connectivity index (χ2v) is 5.87. The van der Waals surface area contributed by atoms with Crippen LogP contribution in [-0.4, -0.2) is 33.8 Å². The van der Waals surface area contributed by atoms with Gasteiger partial charge < -0.3 is 15.1 Å². The molecule has 140 valence electrons. The molecule has 0 radical (unpaired) electrons. The van der Waals surface area contributed by atoms with E-state index in [0.717, 1.165) is 49.2 Å². The quantitative estimate of drug-likeness (QED) is 0.288. The first-order valence-corrected chi connectivity index (χ1v) is 8.45. The fourth-order valence-electron chi connectivity index (χ4n) is 2.43. The van der Waals surface area contributed by atoms with Crippen LogP contribution in [0.2, 0.25) is 0 Å². The number of aryl methyl sites for hydroxylation is 5. The zero-order valence-corrected chi connectivity index (χ0v) is 18.0. The van der Waals surface area contributed by atoms with Gasteiger partial charge in [-0.05, 0) is 47.1 Å². The van der Waals surface area contributed by atoms with Crippen molar-refractivity contribution in [2.24, 2.45) is 4.99 Å². The first kappa shape index (κ1) is 21.5. The molecule has 25 heavy (non-hydrogen) atoms. The number of hydrogen-bond acceptors (Lipinski definition) is 4. The highest BCUT2D eigenvalue weighted by Gasteiger charge is 2.05. The van der Waals surface area contributed by atoms with Crippen LogP contribution < -0.4 is 10.6 Å². The fraction of sp³-hybridized carbons (Fsp3) is 0.588. The summed E-state index contributed by atoms with van der Waals surface area (Å²) in [6.45, 7) is 13.0.